The molecule has 4 rings (SSSR count). The normalized spacial score (nSPS) is 18.7. The Balaban J connectivity index is 1.54. The van der Waals surface area contributed by atoms with Gasteiger partial charge in [0.05, 0.1) is 16.5 Å². The highest BCUT2D eigenvalue weighted by atomic mass is 32.2. The lowest BCUT2D eigenvalue weighted by atomic mass is 10.00. The van der Waals surface area contributed by atoms with Crippen molar-refractivity contribution in [2.75, 3.05) is 0 Å². The first-order valence-electron chi connectivity index (χ1n) is 11.3. The van der Waals surface area contributed by atoms with Crippen LogP contribution in [0.1, 0.15) is 36.7 Å². The fraction of sp³-hybridized carbons (Fsp3) is 0.280. The quantitative estimate of drug-likeness (QED) is 0.457. The van der Waals surface area contributed by atoms with Gasteiger partial charge in [-0.15, -0.1) is 0 Å². The van der Waals surface area contributed by atoms with E-state index in [9.17, 15) is 36.2 Å². The summed E-state index contributed by atoms with van der Waals surface area (Å²) >= 11 is 0. The third kappa shape index (κ3) is 5.71. The molecule has 0 radical (unpaired) electrons. The number of nitrogens with one attached hydrogen (secondary N) is 1. The summed E-state index contributed by atoms with van der Waals surface area (Å²) in [6.07, 6.45) is -2.12. The van der Waals surface area contributed by atoms with Crippen molar-refractivity contribution in [3.63, 3.8) is 0 Å². The summed E-state index contributed by atoms with van der Waals surface area (Å²) in [4.78, 5) is 19.9. The second-order valence-electron chi connectivity index (χ2n) is 8.62. The second kappa shape index (κ2) is 10.9. The number of benzene rings is 2. The number of carbonyl (C=O) groups is 1. The molecule has 0 aliphatic carbocycles. The lowest BCUT2D eigenvalue weighted by molar-refractivity contribution is -0.145. The molecule has 0 spiro atoms. The molecule has 198 valence electrons. The number of hydrogen-bond donors (Lipinski definition) is 1. The highest BCUT2D eigenvalue weighted by molar-refractivity contribution is 7.82. The van der Waals surface area contributed by atoms with Crippen molar-refractivity contribution >= 4 is 16.9 Å². The minimum absolute atomic E-state index is 0.0435. The molecule has 1 saturated heterocycles. The van der Waals surface area contributed by atoms with Gasteiger partial charge >= 0.3 is 6.18 Å². The summed E-state index contributed by atoms with van der Waals surface area (Å²) in [6, 6.07) is 8.15. The monoisotopic (exact) mass is 549 g/mol. The summed E-state index contributed by atoms with van der Waals surface area (Å²) in [5.74, 6) is -3.21. The van der Waals surface area contributed by atoms with Crippen LogP contribution in [0.15, 0.2) is 53.7 Å². The van der Waals surface area contributed by atoms with Gasteiger partial charge in [-0.25, -0.2) is 27.3 Å². The van der Waals surface area contributed by atoms with E-state index in [2.05, 4.69) is 15.3 Å². The van der Waals surface area contributed by atoms with E-state index in [1.54, 1.807) is 0 Å². The van der Waals surface area contributed by atoms with E-state index < -0.39 is 46.6 Å². The predicted octanol–water partition coefficient (Wildman–Crippen LogP) is 4.50. The number of aromatic nitrogens is 2. The van der Waals surface area contributed by atoms with Crippen molar-refractivity contribution in [2.45, 2.75) is 49.5 Å². The Hall–Kier alpha value is -3.76. The molecule has 2 heterocycles. The number of nitrogens with zero attached hydrogens (tertiary/aromatic N) is 4. The molecule has 1 aliphatic heterocycles. The van der Waals surface area contributed by atoms with Gasteiger partial charge in [0.15, 0.2) is 0 Å². The first-order valence-corrected chi connectivity index (χ1v) is 12.5. The lowest BCUT2D eigenvalue weighted by Crippen LogP contribution is -2.46. The topological polar surface area (TPSA) is 99.0 Å². The summed E-state index contributed by atoms with van der Waals surface area (Å²) in [5, 5.41) is 12.1. The molecule has 3 aromatic rings. The molecule has 1 N–H and O–H groups in total. The Labute approximate surface area is 216 Å². The Morgan fingerprint density at radius 2 is 1.82 bits per heavy atom. The molecule has 0 bridgehead atoms. The SMILES string of the molecule is CC1CCC(C(=O)NCc2cc(-c3cnc(C(F)(F)F)nc3)c(F)cc2C#N)N1S(=O)c1ccc(F)cc1. The average Bonchev–Trinajstić information content (AvgIpc) is 3.28. The molecule has 1 aliphatic rings. The number of halogens is 5. The number of alkyl halides is 3. The standard InChI is InChI=1S/C25H20F5N5O2S/c1-14-2-7-22(35(14)38(37)19-5-3-18(26)4-6-19)23(36)32-11-16-8-20(21(27)9-15(16)10-31)17-12-33-24(34-13-17)25(28,29)30/h3-6,8-9,12-14,22H,2,7,11H2,1H3,(H,32,36). The largest absolute Gasteiger partial charge is 0.451 e. The maximum atomic E-state index is 14.7. The Morgan fingerprint density at radius 3 is 2.42 bits per heavy atom. The van der Waals surface area contributed by atoms with Gasteiger partial charge in [0.2, 0.25) is 11.7 Å². The molecule has 38 heavy (non-hydrogen) atoms. The van der Waals surface area contributed by atoms with Gasteiger partial charge in [-0.05, 0) is 61.7 Å². The lowest BCUT2D eigenvalue weighted by Gasteiger charge is -2.26. The molecule has 7 nitrogen and oxygen atoms in total. The predicted molar refractivity (Wildman–Crippen MR) is 126 cm³/mol. The number of nitriles is 1. The summed E-state index contributed by atoms with van der Waals surface area (Å²) < 4.78 is 80.9. The van der Waals surface area contributed by atoms with Crippen molar-refractivity contribution in [1.82, 2.24) is 19.6 Å². The summed E-state index contributed by atoms with van der Waals surface area (Å²) in [6.45, 7) is 1.62. The number of carbonyl (C=O) groups excluding carboxylic acids is 1. The molecule has 3 unspecified atom stereocenters. The second-order valence-corrected chi connectivity index (χ2v) is 10.0. The molecule has 1 amide bonds. The van der Waals surface area contributed by atoms with E-state index in [0.717, 1.165) is 18.5 Å². The smallest absolute Gasteiger partial charge is 0.351 e. The summed E-state index contributed by atoms with van der Waals surface area (Å²) in [5.41, 5.74) is -0.0473. The van der Waals surface area contributed by atoms with Crippen LogP contribution in [-0.4, -0.2) is 36.5 Å². The van der Waals surface area contributed by atoms with E-state index in [1.807, 2.05) is 13.0 Å². The van der Waals surface area contributed by atoms with Crippen LogP contribution in [-0.2, 0) is 28.5 Å². The number of amides is 1. The number of rotatable bonds is 6. The Kier molecular flexibility index (Phi) is 7.84. The zero-order chi connectivity index (χ0) is 27.6. The highest BCUT2D eigenvalue weighted by Crippen LogP contribution is 2.31. The fourth-order valence-corrected chi connectivity index (χ4v) is 5.64. The van der Waals surface area contributed by atoms with E-state index >= 15 is 0 Å². The van der Waals surface area contributed by atoms with Crippen LogP contribution in [0, 0.1) is 23.0 Å². The zero-order valence-corrected chi connectivity index (χ0v) is 20.6. The van der Waals surface area contributed by atoms with Crippen LogP contribution >= 0.6 is 0 Å². The van der Waals surface area contributed by atoms with Gasteiger partial charge in [-0.3, -0.25) is 4.79 Å². The van der Waals surface area contributed by atoms with Crippen molar-refractivity contribution in [3.8, 4) is 17.2 Å². The minimum Gasteiger partial charge on any atom is -0.351 e. The Bertz CT molecular complexity index is 1410. The molecule has 0 saturated carbocycles. The van der Waals surface area contributed by atoms with Crippen molar-refractivity contribution in [3.05, 3.63) is 77.4 Å². The molecule has 1 aromatic heterocycles. The van der Waals surface area contributed by atoms with Gasteiger partial charge in [0.25, 0.3) is 0 Å². The van der Waals surface area contributed by atoms with Crippen molar-refractivity contribution < 1.29 is 31.0 Å². The maximum absolute atomic E-state index is 14.7. The molecular formula is C25H20F5N5O2S. The first-order chi connectivity index (χ1) is 18.0. The van der Waals surface area contributed by atoms with Crippen LogP contribution in [0.25, 0.3) is 11.1 Å². The summed E-state index contributed by atoms with van der Waals surface area (Å²) in [7, 11) is -1.73. The third-order valence-corrected chi connectivity index (χ3v) is 7.76. The minimum atomic E-state index is -4.76. The average molecular weight is 550 g/mol. The van der Waals surface area contributed by atoms with Gasteiger partial charge in [0, 0.05) is 36.1 Å². The van der Waals surface area contributed by atoms with E-state index in [0.29, 0.717) is 17.7 Å². The first kappa shape index (κ1) is 27.3. The molecule has 2 aromatic carbocycles. The molecular weight excluding hydrogens is 529 g/mol. The number of hydrogen-bond acceptors (Lipinski definition) is 5. The van der Waals surface area contributed by atoms with Gasteiger partial charge in [-0.2, -0.15) is 18.4 Å². The van der Waals surface area contributed by atoms with Crippen LogP contribution in [0.4, 0.5) is 22.0 Å². The van der Waals surface area contributed by atoms with Gasteiger partial charge in [0.1, 0.15) is 28.7 Å². The molecule has 1 fully saturated rings. The van der Waals surface area contributed by atoms with Gasteiger partial charge < -0.3 is 5.32 Å². The van der Waals surface area contributed by atoms with Gasteiger partial charge in [-0.1, -0.05) is 0 Å². The third-order valence-electron chi connectivity index (χ3n) is 6.09. The van der Waals surface area contributed by atoms with E-state index in [1.165, 1.54) is 34.6 Å². The van der Waals surface area contributed by atoms with E-state index in [-0.39, 0.29) is 34.8 Å². The van der Waals surface area contributed by atoms with Crippen molar-refractivity contribution in [2.24, 2.45) is 0 Å². The Morgan fingerprint density at radius 1 is 1.16 bits per heavy atom. The van der Waals surface area contributed by atoms with E-state index in [4.69, 9.17) is 0 Å². The highest BCUT2D eigenvalue weighted by Gasteiger charge is 2.39. The van der Waals surface area contributed by atoms with Crippen LogP contribution < -0.4 is 5.32 Å². The van der Waals surface area contributed by atoms with Crippen LogP contribution in [0.2, 0.25) is 0 Å². The molecule has 3 atom stereocenters. The zero-order valence-electron chi connectivity index (χ0n) is 19.8. The van der Waals surface area contributed by atoms with Crippen molar-refractivity contribution in [1.29, 1.82) is 5.26 Å². The van der Waals surface area contributed by atoms with Crippen LogP contribution in [0.5, 0.6) is 0 Å². The fourth-order valence-electron chi connectivity index (χ4n) is 4.16. The van der Waals surface area contributed by atoms with Crippen LogP contribution in [0.3, 0.4) is 0 Å². The molecule has 13 heteroatoms. The maximum Gasteiger partial charge on any atom is 0.451 e.